The van der Waals surface area contributed by atoms with Crippen molar-refractivity contribution in [3.63, 3.8) is 0 Å². The number of hydrogen-bond acceptors (Lipinski definition) is 6. The molecule has 3 rings (SSSR count). The number of amides is 1. The molecule has 0 saturated carbocycles. The lowest BCUT2D eigenvalue weighted by molar-refractivity contribution is 0.0761. The van der Waals surface area contributed by atoms with Gasteiger partial charge in [0.1, 0.15) is 0 Å². The van der Waals surface area contributed by atoms with E-state index in [0.29, 0.717) is 18.5 Å². The predicted molar refractivity (Wildman–Crippen MR) is 93.1 cm³/mol. The number of rotatable bonds is 4. The van der Waals surface area contributed by atoms with Gasteiger partial charge in [-0.25, -0.2) is 0 Å². The summed E-state index contributed by atoms with van der Waals surface area (Å²) in [4.78, 5) is 22.1. The van der Waals surface area contributed by atoms with Gasteiger partial charge in [0.2, 0.25) is 5.89 Å². The number of likely N-dealkylation sites (tertiary alicyclic amines) is 1. The quantitative estimate of drug-likeness (QED) is 0.850. The van der Waals surface area contributed by atoms with Crippen molar-refractivity contribution in [3.05, 3.63) is 33.6 Å². The number of carbonyl (C=O) groups is 1. The highest BCUT2D eigenvalue weighted by molar-refractivity contribution is 7.12. The molecule has 0 spiro atoms. The van der Waals surface area contributed by atoms with Crippen molar-refractivity contribution >= 4 is 17.2 Å². The van der Waals surface area contributed by atoms with E-state index in [9.17, 15) is 4.79 Å². The van der Waals surface area contributed by atoms with Crippen molar-refractivity contribution in [2.45, 2.75) is 45.7 Å². The van der Waals surface area contributed by atoms with Crippen LogP contribution in [0.3, 0.4) is 0 Å². The topological polar surface area (TPSA) is 62.5 Å². The third-order valence-corrected chi connectivity index (χ3v) is 5.63. The molecular weight excluding hydrogens is 324 g/mol. The zero-order valence-electron chi connectivity index (χ0n) is 14.5. The highest BCUT2D eigenvalue weighted by atomic mass is 32.1. The molecule has 0 bridgehead atoms. The fourth-order valence-corrected chi connectivity index (χ4v) is 4.11. The maximum atomic E-state index is 12.7. The molecule has 24 heavy (non-hydrogen) atoms. The summed E-state index contributed by atoms with van der Waals surface area (Å²) in [6, 6.07) is 2.45. The van der Waals surface area contributed by atoms with Crippen LogP contribution in [0.2, 0.25) is 0 Å². The van der Waals surface area contributed by atoms with Gasteiger partial charge in [-0.15, -0.1) is 11.3 Å². The fourth-order valence-electron chi connectivity index (χ4n) is 3.22. The molecule has 1 atom stereocenters. The Bertz CT molecular complexity index is 696. The van der Waals surface area contributed by atoms with Gasteiger partial charge in [0.25, 0.3) is 5.91 Å². The van der Waals surface area contributed by atoms with Crippen LogP contribution in [0.4, 0.5) is 0 Å². The second-order valence-corrected chi connectivity index (χ2v) is 7.37. The highest BCUT2D eigenvalue weighted by Gasteiger charge is 2.25. The Morgan fingerprint density at radius 2 is 2.25 bits per heavy atom. The van der Waals surface area contributed by atoms with Gasteiger partial charge in [0.05, 0.1) is 11.4 Å². The van der Waals surface area contributed by atoms with E-state index >= 15 is 0 Å². The van der Waals surface area contributed by atoms with E-state index in [4.69, 9.17) is 4.52 Å². The van der Waals surface area contributed by atoms with Crippen molar-refractivity contribution < 1.29 is 9.32 Å². The summed E-state index contributed by atoms with van der Waals surface area (Å²) in [5, 5.41) is 5.96. The average molecular weight is 348 g/mol. The minimum absolute atomic E-state index is 0.180. The Labute approximate surface area is 146 Å². The number of thiophene rings is 1. The molecule has 0 unspecified atom stereocenters. The summed E-state index contributed by atoms with van der Waals surface area (Å²) >= 11 is 1.54. The molecule has 2 aromatic rings. The number of carbonyl (C=O) groups excluding carboxylic acids is 1. The van der Waals surface area contributed by atoms with Crippen molar-refractivity contribution in [2.75, 3.05) is 20.1 Å². The normalized spacial score (nSPS) is 18.8. The van der Waals surface area contributed by atoms with E-state index in [1.807, 2.05) is 23.3 Å². The molecule has 0 radical (unpaired) electrons. The Morgan fingerprint density at radius 1 is 1.42 bits per heavy atom. The second-order valence-electron chi connectivity index (χ2n) is 6.45. The van der Waals surface area contributed by atoms with Crippen LogP contribution < -0.4 is 0 Å². The minimum atomic E-state index is 0.180. The summed E-state index contributed by atoms with van der Waals surface area (Å²) in [5.41, 5.74) is 1.08. The van der Waals surface area contributed by atoms with Crippen LogP contribution in [0.5, 0.6) is 0 Å². The summed E-state index contributed by atoms with van der Waals surface area (Å²) in [6.07, 6.45) is 3.08. The Morgan fingerprint density at radius 3 is 2.92 bits per heavy atom. The van der Waals surface area contributed by atoms with Gasteiger partial charge >= 0.3 is 0 Å². The maximum Gasteiger partial charge on any atom is 0.264 e. The monoisotopic (exact) mass is 348 g/mol. The molecule has 3 heterocycles. The molecule has 1 saturated heterocycles. The van der Waals surface area contributed by atoms with E-state index in [2.05, 4.69) is 22.1 Å². The van der Waals surface area contributed by atoms with Crippen molar-refractivity contribution in [1.82, 2.24) is 19.9 Å². The third kappa shape index (κ3) is 3.84. The molecule has 1 fully saturated rings. The molecule has 0 aliphatic carbocycles. The predicted octanol–water partition coefficient (Wildman–Crippen LogP) is 2.87. The molecule has 1 aliphatic rings. The van der Waals surface area contributed by atoms with Gasteiger partial charge < -0.3 is 9.42 Å². The van der Waals surface area contributed by atoms with E-state index in [-0.39, 0.29) is 5.91 Å². The molecule has 2 aromatic heterocycles. The lowest BCUT2D eigenvalue weighted by Crippen LogP contribution is -2.35. The lowest BCUT2D eigenvalue weighted by atomic mass is 10.1. The first-order valence-electron chi connectivity index (χ1n) is 8.37. The number of hydrogen-bond donors (Lipinski definition) is 0. The van der Waals surface area contributed by atoms with Crippen LogP contribution in [-0.4, -0.2) is 52.0 Å². The molecule has 6 nitrogen and oxygen atoms in total. The van der Waals surface area contributed by atoms with E-state index < -0.39 is 0 Å². The molecule has 7 heteroatoms. The van der Waals surface area contributed by atoms with Gasteiger partial charge in [-0.05, 0) is 50.2 Å². The Balaban J connectivity index is 1.58. The van der Waals surface area contributed by atoms with Crippen LogP contribution in [0.25, 0.3) is 0 Å². The van der Waals surface area contributed by atoms with Crippen LogP contribution in [0, 0.1) is 13.8 Å². The first-order valence-corrected chi connectivity index (χ1v) is 9.25. The highest BCUT2D eigenvalue weighted by Crippen LogP contribution is 2.22. The van der Waals surface area contributed by atoms with Crippen LogP contribution in [-0.2, 0) is 6.54 Å². The first kappa shape index (κ1) is 17.1. The van der Waals surface area contributed by atoms with E-state index in [1.54, 1.807) is 18.3 Å². The smallest absolute Gasteiger partial charge is 0.264 e. The zero-order valence-corrected chi connectivity index (χ0v) is 15.3. The standard InChI is InChI=1S/C17H24N4O2S/c1-12-7-10-24-16(12)17(22)21-8-4-5-14(6-9-21)20(3)11-15-18-13(2)23-19-15/h7,10,14H,4-6,8-9,11H2,1-3H3/t14-/m0/s1. The van der Waals surface area contributed by atoms with E-state index in [0.717, 1.165) is 48.6 Å². The van der Waals surface area contributed by atoms with Crippen molar-refractivity contribution in [2.24, 2.45) is 0 Å². The fraction of sp³-hybridized carbons (Fsp3) is 0.588. The Hall–Kier alpha value is -1.73. The molecule has 0 aromatic carbocycles. The summed E-state index contributed by atoms with van der Waals surface area (Å²) in [5.74, 6) is 1.50. The van der Waals surface area contributed by atoms with Crippen molar-refractivity contribution in [1.29, 1.82) is 0 Å². The zero-order chi connectivity index (χ0) is 17.1. The largest absolute Gasteiger partial charge is 0.340 e. The first-order chi connectivity index (χ1) is 11.5. The van der Waals surface area contributed by atoms with Gasteiger partial charge in [0.15, 0.2) is 5.82 Å². The van der Waals surface area contributed by atoms with Gasteiger partial charge in [0, 0.05) is 26.1 Å². The van der Waals surface area contributed by atoms with Crippen molar-refractivity contribution in [3.8, 4) is 0 Å². The van der Waals surface area contributed by atoms with Gasteiger partial charge in [-0.2, -0.15) is 4.98 Å². The number of aromatic nitrogens is 2. The molecule has 130 valence electrons. The van der Waals surface area contributed by atoms with Crippen LogP contribution in [0.15, 0.2) is 16.0 Å². The number of aryl methyl sites for hydroxylation is 2. The summed E-state index contributed by atoms with van der Waals surface area (Å²) < 4.78 is 5.04. The van der Waals surface area contributed by atoms with Gasteiger partial charge in [-0.1, -0.05) is 5.16 Å². The second kappa shape index (κ2) is 7.44. The average Bonchev–Trinajstić information content (AvgIpc) is 3.07. The summed E-state index contributed by atoms with van der Waals surface area (Å²) in [7, 11) is 2.09. The lowest BCUT2D eigenvalue weighted by Gasteiger charge is -2.26. The van der Waals surface area contributed by atoms with Crippen LogP contribution >= 0.6 is 11.3 Å². The third-order valence-electron chi connectivity index (χ3n) is 4.62. The molecule has 1 amide bonds. The SMILES string of the molecule is Cc1nc(CN(C)[C@H]2CCCN(C(=O)c3sccc3C)CC2)no1. The summed E-state index contributed by atoms with van der Waals surface area (Å²) in [6.45, 7) is 6.13. The number of nitrogens with zero attached hydrogens (tertiary/aromatic N) is 4. The maximum absolute atomic E-state index is 12.7. The molecular formula is C17H24N4O2S. The Kier molecular flexibility index (Phi) is 5.30. The van der Waals surface area contributed by atoms with Gasteiger partial charge in [-0.3, -0.25) is 9.69 Å². The molecule has 0 N–H and O–H groups in total. The van der Waals surface area contributed by atoms with Crippen LogP contribution in [0.1, 0.15) is 46.2 Å². The minimum Gasteiger partial charge on any atom is -0.340 e. The van der Waals surface area contributed by atoms with E-state index in [1.165, 1.54) is 0 Å². The molecule has 1 aliphatic heterocycles.